The van der Waals surface area contributed by atoms with E-state index in [4.69, 9.17) is 11.6 Å². The molecule has 0 spiro atoms. The second-order valence-corrected chi connectivity index (χ2v) is 5.77. The van der Waals surface area contributed by atoms with Crippen molar-refractivity contribution in [3.8, 4) is 0 Å². The highest BCUT2D eigenvalue weighted by atomic mass is 79.9. The van der Waals surface area contributed by atoms with Crippen molar-refractivity contribution in [2.75, 3.05) is 24.5 Å². The van der Waals surface area contributed by atoms with Gasteiger partial charge < -0.3 is 10.2 Å². The Morgan fingerprint density at radius 3 is 3.12 bits per heavy atom. The molecule has 0 bridgehead atoms. The number of nitrogens with zero attached hydrogens (tertiary/aromatic N) is 1. The third kappa shape index (κ3) is 3.36. The van der Waals surface area contributed by atoms with E-state index in [0.29, 0.717) is 6.04 Å². The molecule has 1 atom stereocenters. The summed E-state index contributed by atoms with van der Waals surface area (Å²) in [6.45, 7) is 5.38. The standard InChI is InChI=1S/C13H18BrClN2/c1-2-3-11-9-17(7-6-16-11)13-8-10(15)4-5-12(13)14/h4-5,8,11,16H,2-3,6-7,9H2,1H3. The van der Waals surface area contributed by atoms with Crippen LogP contribution < -0.4 is 10.2 Å². The van der Waals surface area contributed by atoms with Crippen LogP contribution in [0.1, 0.15) is 19.8 Å². The largest absolute Gasteiger partial charge is 0.368 e. The molecule has 4 heteroatoms. The maximum absolute atomic E-state index is 6.07. The summed E-state index contributed by atoms with van der Waals surface area (Å²) in [7, 11) is 0. The number of piperazine rings is 1. The van der Waals surface area contributed by atoms with E-state index < -0.39 is 0 Å². The van der Waals surface area contributed by atoms with Gasteiger partial charge in [0.05, 0.1) is 5.69 Å². The van der Waals surface area contributed by atoms with Crippen LogP contribution in [-0.4, -0.2) is 25.7 Å². The van der Waals surface area contributed by atoms with Crippen molar-refractivity contribution in [3.05, 3.63) is 27.7 Å². The van der Waals surface area contributed by atoms with Gasteiger partial charge in [-0.2, -0.15) is 0 Å². The molecule has 1 aliphatic heterocycles. The molecule has 2 rings (SSSR count). The zero-order valence-corrected chi connectivity index (χ0v) is 12.4. The predicted octanol–water partition coefficient (Wildman–Crippen LogP) is 3.68. The third-order valence-electron chi connectivity index (χ3n) is 3.14. The molecule has 1 saturated heterocycles. The van der Waals surface area contributed by atoms with Crippen LogP contribution in [-0.2, 0) is 0 Å². The Balaban J connectivity index is 2.13. The molecule has 0 saturated carbocycles. The SMILES string of the molecule is CCCC1CN(c2cc(Cl)ccc2Br)CCN1. The Labute approximate surface area is 116 Å². The lowest BCUT2D eigenvalue weighted by Crippen LogP contribution is -2.50. The summed E-state index contributed by atoms with van der Waals surface area (Å²) in [6.07, 6.45) is 2.46. The van der Waals surface area contributed by atoms with Crippen molar-refractivity contribution in [1.82, 2.24) is 5.32 Å². The highest BCUT2D eigenvalue weighted by Crippen LogP contribution is 2.30. The van der Waals surface area contributed by atoms with Gasteiger partial charge in [-0.1, -0.05) is 24.9 Å². The molecule has 1 aliphatic rings. The molecule has 1 aromatic carbocycles. The molecule has 1 heterocycles. The smallest absolute Gasteiger partial charge is 0.0526 e. The molecule has 1 N–H and O–H groups in total. The maximum atomic E-state index is 6.07. The lowest BCUT2D eigenvalue weighted by molar-refractivity contribution is 0.430. The molecule has 0 aliphatic carbocycles. The van der Waals surface area contributed by atoms with Gasteiger partial charge in [-0.3, -0.25) is 0 Å². The average Bonchev–Trinajstić information content (AvgIpc) is 2.33. The first-order valence-corrected chi connectivity index (χ1v) is 7.31. The van der Waals surface area contributed by atoms with Crippen LogP contribution in [0.3, 0.4) is 0 Å². The van der Waals surface area contributed by atoms with E-state index in [1.54, 1.807) is 0 Å². The first-order valence-electron chi connectivity index (χ1n) is 6.14. The lowest BCUT2D eigenvalue weighted by Gasteiger charge is -2.35. The topological polar surface area (TPSA) is 15.3 Å². The van der Waals surface area contributed by atoms with Crippen molar-refractivity contribution >= 4 is 33.2 Å². The zero-order valence-electron chi connectivity index (χ0n) is 10.0. The van der Waals surface area contributed by atoms with Gasteiger partial charge in [0.15, 0.2) is 0 Å². The van der Waals surface area contributed by atoms with Crippen LogP contribution in [0.15, 0.2) is 22.7 Å². The molecular weight excluding hydrogens is 300 g/mol. The second-order valence-electron chi connectivity index (χ2n) is 4.48. The maximum Gasteiger partial charge on any atom is 0.0526 e. The summed E-state index contributed by atoms with van der Waals surface area (Å²) in [5, 5.41) is 4.36. The van der Waals surface area contributed by atoms with Crippen molar-refractivity contribution < 1.29 is 0 Å². The monoisotopic (exact) mass is 316 g/mol. The van der Waals surface area contributed by atoms with Crippen molar-refractivity contribution in [1.29, 1.82) is 0 Å². The van der Waals surface area contributed by atoms with E-state index in [-0.39, 0.29) is 0 Å². The number of hydrogen-bond acceptors (Lipinski definition) is 2. The Morgan fingerprint density at radius 1 is 1.53 bits per heavy atom. The Morgan fingerprint density at radius 2 is 2.35 bits per heavy atom. The summed E-state index contributed by atoms with van der Waals surface area (Å²) in [6, 6.07) is 6.58. The predicted molar refractivity (Wildman–Crippen MR) is 78.1 cm³/mol. The number of halogens is 2. The number of anilines is 1. The molecular formula is C13H18BrClN2. The molecule has 0 radical (unpaired) electrons. The Kier molecular flexibility index (Phi) is 4.71. The van der Waals surface area contributed by atoms with Crippen molar-refractivity contribution in [2.24, 2.45) is 0 Å². The average molecular weight is 318 g/mol. The summed E-state index contributed by atoms with van der Waals surface area (Å²) in [4.78, 5) is 2.41. The van der Waals surface area contributed by atoms with Gasteiger partial charge in [0, 0.05) is 35.2 Å². The third-order valence-corrected chi connectivity index (χ3v) is 4.05. The van der Waals surface area contributed by atoms with Gasteiger partial charge in [0.1, 0.15) is 0 Å². The molecule has 1 aromatic rings. The Bertz CT molecular complexity index is 382. The fourth-order valence-electron chi connectivity index (χ4n) is 2.31. The van der Waals surface area contributed by atoms with Crippen LogP contribution in [0.25, 0.3) is 0 Å². The number of nitrogens with one attached hydrogen (secondary N) is 1. The summed E-state index contributed by atoms with van der Waals surface area (Å²) < 4.78 is 1.12. The first-order chi connectivity index (χ1) is 8.20. The van der Waals surface area contributed by atoms with Crippen LogP contribution >= 0.6 is 27.5 Å². The van der Waals surface area contributed by atoms with Crippen LogP contribution in [0.5, 0.6) is 0 Å². The lowest BCUT2D eigenvalue weighted by atomic mass is 10.1. The minimum Gasteiger partial charge on any atom is -0.368 e. The fraction of sp³-hybridized carbons (Fsp3) is 0.538. The van der Waals surface area contributed by atoms with Crippen molar-refractivity contribution in [2.45, 2.75) is 25.8 Å². The van der Waals surface area contributed by atoms with E-state index in [2.05, 4.69) is 33.1 Å². The minimum atomic E-state index is 0.597. The van der Waals surface area contributed by atoms with E-state index in [9.17, 15) is 0 Å². The van der Waals surface area contributed by atoms with E-state index in [1.807, 2.05) is 18.2 Å². The summed E-state index contributed by atoms with van der Waals surface area (Å²) >= 11 is 9.67. The second kappa shape index (κ2) is 6.07. The first kappa shape index (κ1) is 13.2. The van der Waals surface area contributed by atoms with Gasteiger partial charge in [-0.25, -0.2) is 0 Å². The molecule has 17 heavy (non-hydrogen) atoms. The molecule has 0 aromatic heterocycles. The molecule has 1 unspecified atom stereocenters. The fourth-order valence-corrected chi connectivity index (χ4v) is 2.98. The van der Waals surface area contributed by atoms with Gasteiger partial charge in [0.2, 0.25) is 0 Å². The van der Waals surface area contributed by atoms with E-state index >= 15 is 0 Å². The molecule has 94 valence electrons. The number of benzene rings is 1. The minimum absolute atomic E-state index is 0.597. The summed E-state index contributed by atoms with van der Waals surface area (Å²) in [5.41, 5.74) is 1.21. The molecule has 2 nitrogen and oxygen atoms in total. The molecule has 1 fully saturated rings. The highest BCUT2D eigenvalue weighted by Gasteiger charge is 2.20. The van der Waals surface area contributed by atoms with Crippen molar-refractivity contribution in [3.63, 3.8) is 0 Å². The quantitative estimate of drug-likeness (QED) is 0.915. The highest BCUT2D eigenvalue weighted by molar-refractivity contribution is 9.10. The number of rotatable bonds is 3. The van der Waals surface area contributed by atoms with Gasteiger partial charge in [-0.15, -0.1) is 0 Å². The Hall–Kier alpha value is -0.250. The molecule has 0 amide bonds. The van der Waals surface area contributed by atoms with Gasteiger partial charge >= 0.3 is 0 Å². The van der Waals surface area contributed by atoms with Gasteiger partial charge in [-0.05, 0) is 40.5 Å². The van der Waals surface area contributed by atoms with Crippen LogP contribution in [0.2, 0.25) is 5.02 Å². The summed E-state index contributed by atoms with van der Waals surface area (Å²) in [5.74, 6) is 0. The normalized spacial score (nSPS) is 20.6. The van der Waals surface area contributed by atoms with E-state index in [1.165, 1.54) is 18.5 Å². The van der Waals surface area contributed by atoms with Gasteiger partial charge in [0.25, 0.3) is 0 Å². The number of hydrogen-bond donors (Lipinski definition) is 1. The zero-order chi connectivity index (χ0) is 12.3. The van der Waals surface area contributed by atoms with Crippen LogP contribution in [0.4, 0.5) is 5.69 Å². The van der Waals surface area contributed by atoms with Crippen LogP contribution in [0, 0.1) is 0 Å². The van der Waals surface area contributed by atoms with E-state index in [0.717, 1.165) is 29.1 Å².